The number of halogens is 3. The van der Waals surface area contributed by atoms with E-state index in [1.165, 1.54) is 18.2 Å². The molecule has 4 aromatic rings. The molecule has 0 fully saturated rings. The Morgan fingerprint density at radius 2 is 1.84 bits per heavy atom. The van der Waals surface area contributed by atoms with Crippen LogP contribution in [0.5, 0.6) is 5.75 Å². The molecule has 1 amide bonds. The van der Waals surface area contributed by atoms with Crippen LogP contribution in [0.2, 0.25) is 0 Å². The van der Waals surface area contributed by atoms with E-state index in [9.17, 15) is 18.0 Å². The molecule has 0 aliphatic carbocycles. The smallest absolute Gasteiger partial charge is 0.423 e. The number of nitrogens with one attached hydrogen (secondary N) is 4. The van der Waals surface area contributed by atoms with Gasteiger partial charge >= 0.3 is 12.0 Å². The third-order valence-corrected chi connectivity index (χ3v) is 4.44. The number of fused-ring (bicyclic) bond motifs is 2. The van der Waals surface area contributed by atoms with Gasteiger partial charge in [0.15, 0.2) is 17.4 Å². The van der Waals surface area contributed by atoms with Crippen LogP contribution in [-0.4, -0.2) is 32.2 Å². The molecule has 0 unspecified atom stereocenters. The average molecular weight is 427 g/mol. The van der Waals surface area contributed by atoms with Gasteiger partial charge in [0, 0.05) is 16.8 Å². The summed E-state index contributed by atoms with van der Waals surface area (Å²) in [5, 5.41) is 15.5. The second-order valence-electron chi connectivity index (χ2n) is 6.60. The highest BCUT2D eigenvalue weighted by atomic mass is 19.3. The van der Waals surface area contributed by atoms with Crippen molar-refractivity contribution in [2.75, 3.05) is 16.0 Å². The maximum atomic E-state index is 14.2. The molecule has 0 saturated heterocycles. The number of amides is 1. The van der Waals surface area contributed by atoms with Gasteiger partial charge in [-0.2, -0.15) is 18.9 Å². The first kappa shape index (κ1) is 18.7. The zero-order chi connectivity index (χ0) is 21.6. The van der Waals surface area contributed by atoms with Gasteiger partial charge in [0.05, 0.1) is 23.6 Å². The van der Waals surface area contributed by atoms with E-state index in [4.69, 9.17) is 0 Å². The summed E-state index contributed by atoms with van der Waals surface area (Å²) >= 11 is 0. The molecule has 0 radical (unpaired) electrons. The molecule has 0 bridgehead atoms. The van der Waals surface area contributed by atoms with Crippen molar-refractivity contribution in [3.8, 4) is 5.75 Å². The maximum absolute atomic E-state index is 14.2. The van der Waals surface area contributed by atoms with Crippen molar-refractivity contribution in [3.63, 3.8) is 0 Å². The Morgan fingerprint density at radius 1 is 1.03 bits per heavy atom. The summed E-state index contributed by atoms with van der Waals surface area (Å²) < 4.78 is 45.3. The molecule has 0 spiro atoms. The Labute approximate surface area is 171 Å². The van der Waals surface area contributed by atoms with Gasteiger partial charge in [0.2, 0.25) is 5.95 Å². The topological polar surface area (TPSA) is 117 Å². The van der Waals surface area contributed by atoms with E-state index < -0.39 is 17.8 Å². The van der Waals surface area contributed by atoms with E-state index in [1.54, 1.807) is 18.3 Å². The van der Waals surface area contributed by atoms with Gasteiger partial charge in [-0.25, -0.2) is 9.37 Å². The van der Waals surface area contributed by atoms with Crippen LogP contribution in [0, 0.1) is 5.82 Å². The molecular formula is C19H12F3N7O2. The number of alkyl halides is 2. The Kier molecular flexibility index (Phi) is 4.13. The van der Waals surface area contributed by atoms with Crippen LogP contribution in [-0.2, 0) is 4.79 Å². The molecule has 1 aliphatic rings. The fourth-order valence-corrected chi connectivity index (χ4v) is 2.97. The molecule has 1 aliphatic heterocycles. The molecular weight excluding hydrogens is 415 g/mol. The van der Waals surface area contributed by atoms with Crippen LogP contribution in [0.25, 0.3) is 10.9 Å². The zero-order valence-corrected chi connectivity index (χ0v) is 15.4. The third kappa shape index (κ3) is 3.54. The Bertz CT molecular complexity index is 1330. The highest BCUT2D eigenvalue weighted by Gasteiger charge is 2.46. The summed E-state index contributed by atoms with van der Waals surface area (Å²) in [7, 11) is 0. The third-order valence-electron chi connectivity index (χ3n) is 4.44. The Hall–Kier alpha value is -4.35. The number of anilines is 5. The number of nitrogens with zero attached hydrogens (tertiary/aromatic N) is 3. The number of rotatable bonds is 4. The van der Waals surface area contributed by atoms with E-state index in [-0.39, 0.29) is 28.9 Å². The van der Waals surface area contributed by atoms with E-state index in [2.05, 4.69) is 35.5 Å². The SMILES string of the molecule is O=C1Nc2cc(Nc3nc(Nc4ccc5cn[nH]c5c4)ncc3F)ccc2OC1(F)F. The van der Waals surface area contributed by atoms with Crippen LogP contribution >= 0.6 is 0 Å². The standard InChI is InChI=1S/C19H12F3N7O2/c20-12-8-23-18(26-11-2-1-9-7-24-29-13(9)5-11)28-16(12)25-10-3-4-15-14(6-10)27-17(30)19(21,22)31-15/h1-8H,(H,24,29)(H,27,30)(H2,23,25,26,28). The molecule has 0 atom stereocenters. The van der Waals surface area contributed by atoms with Gasteiger partial charge in [-0.3, -0.25) is 9.89 Å². The summed E-state index contributed by atoms with van der Waals surface area (Å²) in [4.78, 5) is 19.4. The van der Waals surface area contributed by atoms with Crippen molar-refractivity contribution < 1.29 is 22.7 Å². The normalized spacial score (nSPS) is 14.5. The zero-order valence-electron chi connectivity index (χ0n) is 15.4. The molecule has 2 aromatic carbocycles. The number of H-pyrrole nitrogens is 1. The van der Waals surface area contributed by atoms with Crippen molar-refractivity contribution in [1.29, 1.82) is 0 Å². The van der Waals surface area contributed by atoms with Gasteiger partial charge in [-0.05, 0) is 36.4 Å². The molecule has 2 aromatic heterocycles. The first-order chi connectivity index (χ1) is 14.9. The van der Waals surface area contributed by atoms with E-state index in [0.29, 0.717) is 5.69 Å². The van der Waals surface area contributed by atoms with Crippen molar-refractivity contribution >= 4 is 45.6 Å². The Balaban J connectivity index is 1.38. The number of hydrogen-bond acceptors (Lipinski definition) is 7. The van der Waals surface area contributed by atoms with Gasteiger partial charge in [0.25, 0.3) is 0 Å². The van der Waals surface area contributed by atoms with Crippen molar-refractivity contribution in [1.82, 2.24) is 20.2 Å². The summed E-state index contributed by atoms with van der Waals surface area (Å²) in [5.41, 5.74) is 1.76. The molecule has 156 valence electrons. The lowest BCUT2D eigenvalue weighted by Gasteiger charge is -2.25. The number of aromatic nitrogens is 4. The van der Waals surface area contributed by atoms with Crippen molar-refractivity contribution in [2.24, 2.45) is 0 Å². The fourth-order valence-electron chi connectivity index (χ4n) is 2.97. The monoisotopic (exact) mass is 427 g/mol. The quantitative estimate of drug-likeness (QED) is 0.390. The summed E-state index contributed by atoms with van der Waals surface area (Å²) in [6.07, 6.45) is -1.29. The van der Waals surface area contributed by atoms with Gasteiger partial charge in [0.1, 0.15) is 0 Å². The number of hydrogen-bond donors (Lipinski definition) is 4. The molecule has 4 N–H and O–H groups in total. The highest BCUT2D eigenvalue weighted by molar-refractivity contribution is 5.99. The van der Waals surface area contributed by atoms with Crippen molar-refractivity contribution in [2.45, 2.75) is 6.11 Å². The maximum Gasteiger partial charge on any atom is 0.482 e. The predicted octanol–water partition coefficient (Wildman–Crippen LogP) is 3.90. The van der Waals surface area contributed by atoms with Crippen LogP contribution in [0.1, 0.15) is 0 Å². The summed E-state index contributed by atoms with van der Waals surface area (Å²) in [6, 6.07) is 9.36. The molecule has 12 heteroatoms. The first-order valence-corrected chi connectivity index (χ1v) is 8.89. The number of ether oxygens (including phenoxy) is 1. The number of benzene rings is 2. The second kappa shape index (κ2) is 6.86. The number of carbonyl (C=O) groups is 1. The van der Waals surface area contributed by atoms with E-state index in [1.807, 2.05) is 11.4 Å². The largest absolute Gasteiger partial charge is 0.482 e. The van der Waals surface area contributed by atoms with E-state index >= 15 is 0 Å². The molecule has 9 nitrogen and oxygen atoms in total. The Morgan fingerprint density at radius 3 is 2.71 bits per heavy atom. The minimum Gasteiger partial charge on any atom is -0.423 e. The molecule has 3 heterocycles. The molecule has 5 rings (SSSR count). The number of aromatic amines is 1. The van der Waals surface area contributed by atoms with Gasteiger partial charge < -0.3 is 20.7 Å². The first-order valence-electron chi connectivity index (χ1n) is 8.89. The second-order valence-corrected chi connectivity index (χ2v) is 6.60. The lowest BCUT2D eigenvalue weighted by atomic mass is 10.2. The minimum absolute atomic E-state index is 0.0154. The summed E-state index contributed by atoms with van der Waals surface area (Å²) in [6.45, 7) is 0. The summed E-state index contributed by atoms with van der Waals surface area (Å²) in [5.74, 6) is -2.58. The highest BCUT2D eigenvalue weighted by Crippen LogP contribution is 2.37. The molecule has 31 heavy (non-hydrogen) atoms. The minimum atomic E-state index is -3.96. The predicted molar refractivity (Wildman–Crippen MR) is 105 cm³/mol. The van der Waals surface area contributed by atoms with Crippen LogP contribution in [0.3, 0.4) is 0 Å². The van der Waals surface area contributed by atoms with Gasteiger partial charge in [-0.15, -0.1) is 0 Å². The lowest BCUT2D eigenvalue weighted by molar-refractivity contribution is -0.189. The lowest BCUT2D eigenvalue weighted by Crippen LogP contribution is -2.43. The number of carbonyl (C=O) groups excluding carboxylic acids is 1. The fraction of sp³-hybridized carbons (Fsp3) is 0.0526. The molecule has 0 saturated carbocycles. The van der Waals surface area contributed by atoms with Gasteiger partial charge in [-0.1, -0.05) is 0 Å². The van der Waals surface area contributed by atoms with Crippen molar-refractivity contribution in [3.05, 3.63) is 54.6 Å². The van der Waals surface area contributed by atoms with Crippen LogP contribution in [0.15, 0.2) is 48.8 Å². The van der Waals surface area contributed by atoms with E-state index in [0.717, 1.165) is 17.1 Å². The van der Waals surface area contributed by atoms with Crippen LogP contribution in [0.4, 0.5) is 42.0 Å². The van der Waals surface area contributed by atoms with Crippen LogP contribution < -0.4 is 20.7 Å². The average Bonchev–Trinajstić information content (AvgIpc) is 3.19.